The Bertz CT molecular complexity index is 420. The van der Waals surface area contributed by atoms with E-state index in [4.69, 9.17) is 0 Å². The van der Waals surface area contributed by atoms with Gasteiger partial charge in [0.15, 0.2) is 0 Å². The van der Waals surface area contributed by atoms with Crippen molar-refractivity contribution >= 4 is 6.03 Å². The maximum absolute atomic E-state index is 12.0. The number of aliphatic hydroxyl groups excluding tert-OH is 1. The zero-order valence-corrected chi connectivity index (χ0v) is 11.4. The highest BCUT2D eigenvalue weighted by molar-refractivity contribution is 5.74. The zero-order valence-electron chi connectivity index (χ0n) is 11.4. The van der Waals surface area contributed by atoms with Crippen LogP contribution in [-0.2, 0) is 0 Å². The van der Waals surface area contributed by atoms with Crippen LogP contribution in [0.3, 0.4) is 0 Å². The van der Waals surface area contributed by atoms with Gasteiger partial charge in [-0.15, -0.1) is 0 Å². The van der Waals surface area contributed by atoms with Gasteiger partial charge in [-0.3, -0.25) is 4.98 Å². The Kier molecular flexibility index (Phi) is 4.37. The first-order valence-corrected chi connectivity index (χ1v) is 6.67. The van der Waals surface area contributed by atoms with E-state index in [1.54, 1.807) is 24.3 Å². The molecule has 0 spiro atoms. The molecule has 1 saturated carbocycles. The second-order valence-corrected chi connectivity index (χ2v) is 5.24. The van der Waals surface area contributed by atoms with Crippen molar-refractivity contribution in [2.24, 2.45) is 5.92 Å². The van der Waals surface area contributed by atoms with Gasteiger partial charge in [0, 0.05) is 26.0 Å². The largest absolute Gasteiger partial charge is 0.391 e. The maximum atomic E-state index is 12.0. The number of urea groups is 1. The molecule has 2 N–H and O–H groups in total. The number of amides is 2. The maximum Gasteiger partial charge on any atom is 0.317 e. The number of likely N-dealkylation sites (N-methyl/N-ethyl adjacent to an activating group) is 1. The van der Waals surface area contributed by atoms with Crippen LogP contribution in [0.1, 0.15) is 31.4 Å². The molecular formula is C14H21N3O2. The molecule has 0 aromatic carbocycles. The number of nitrogens with zero attached hydrogens (tertiary/aromatic N) is 2. The van der Waals surface area contributed by atoms with Gasteiger partial charge >= 0.3 is 6.03 Å². The molecule has 2 atom stereocenters. The third kappa shape index (κ3) is 3.92. The van der Waals surface area contributed by atoms with Crippen LogP contribution < -0.4 is 5.32 Å². The molecule has 1 aromatic heterocycles. The minimum atomic E-state index is -0.396. The highest BCUT2D eigenvalue weighted by atomic mass is 16.3. The molecule has 1 aliphatic rings. The Morgan fingerprint density at radius 2 is 2.16 bits per heavy atom. The van der Waals surface area contributed by atoms with E-state index < -0.39 is 6.10 Å². The molecule has 0 radical (unpaired) electrons. The highest BCUT2D eigenvalue weighted by Crippen LogP contribution is 2.32. The van der Waals surface area contributed by atoms with Crippen molar-refractivity contribution in [3.8, 4) is 0 Å². The summed E-state index contributed by atoms with van der Waals surface area (Å²) in [5, 5.41) is 12.7. The van der Waals surface area contributed by atoms with Crippen LogP contribution in [0.5, 0.6) is 0 Å². The van der Waals surface area contributed by atoms with E-state index in [2.05, 4.69) is 10.3 Å². The van der Waals surface area contributed by atoms with Crippen LogP contribution in [-0.4, -0.2) is 40.7 Å². The molecule has 1 aromatic rings. The van der Waals surface area contributed by atoms with Crippen LogP contribution in [0.2, 0.25) is 0 Å². The third-order valence-electron chi connectivity index (χ3n) is 3.52. The first kappa shape index (κ1) is 13.8. The van der Waals surface area contributed by atoms with Crippen molar-refractivity contribution in [3.05, 3.63) is 30.1 Å². The van der Waals surface area contributed by atoms with Crippen molar-refractivity contribution in [2.45, 2.75) is 31.9 Å². The van der Waals surface area contributed by atoms with E-state index in [9.17, 15) is 9.90 Å². The molecule has 0 aliphatic heterocycles. The molecule has 104 valence electrons. The number of carbonyl (C=O) groups is 1. The molecule has 5 nitrogen and oxygen atoms in total. The summed E-state index contributed by atoms with van der Waals surface area (Å²) in [6.07, 6.45) is 5.16. The molecule has 1 heterocycles. The molecule has 1 fully saturated rings. The number of pyridine rings is 1. The lowest BCUT2D eigenvalue weighted by molar-refractivity contribution is 0.113. The Morgan fingerprint density at radius 3 is 2.74 bits per heavy atom. The van der Waals surface area contributed by atoms with Crippen LogP contribution in [0.4, 0.5) is 4.79 Å². The standard InChI is InChI=1S/C14H21N3O2/c1-10(11-5-7-15-8-6-11)16-14(19)17(2)9-13(18)12-3-4-12/h5-8,10,12-13,18H,3-4,9H2,1-2H3,(H,16,19). The van der Waals surface area contributed by atoms with Gasteiger partial charge in [0.05, 0.1) is 12.1 Å². The van der Waals surface area contributed by atoms with E-state index >= 15 is 0 Å². The zero-order chi connectivity index (χ0) is 13.8. The Labute approximate surface area is 113 Å². The number of nitrogens with one attached hydrogen (secondary N) is 1. The topological polar surface area (TPSA) is 65.5 Å². The predicted octanol–water partition coefficient (Wildman–Crippen LogP) is 1.55. The van der Waals surface area contributed by atoms with Gasteiger partial charge in [0.2, 0.25) is 0 Å². The average Bonchev–Trinajstić information content (AvgIpc) is 3.23. The van der Waals surface area contributed by atoms with Gasteiger partial charge in [0.25, 0.3) is 0 Å². The van der Waals surface area contributed by atoms with Gasteiger partial charge in [-0.1, -0.05) is 0 Å². The first-order chi connectivity index (χ1) is 9.08. The molecule has 2 rings (SSSR count). The van der Waals surface area contributed by atoms with Gasteiger partial charge < -0.3 is 15.3 Å². The molecule has 5 heteroatoms. The Hall–Kier alpha value is -1.62. The minimum absolute atomic E-state index is 0.0731. The van der Waals surface area contributed by atoms with Gasteiger partial charge in [-0.25, -0.2) is 4.79 Å². The summed E-state index contributed by atoms with van der Waals surface area (Å²) >= 11 is 0. The number of aliphatic hydroxyl groups is 1. The lowest BCUT2D eigenvalue weighted by Crippen LogP contribution is -2.42. The van der Waals surface area contributed by atoms with E-state index in [1.807, 2.05) is 19.1 Å². The highest BCUT2D eigenvalue weighted by Gasteiger charge is 2.31. The lowest BCUT2D eigenvalue weighted by atomic mass is 10.1. The molecule has 1 aliphatic carbocycles. The van der Waals surface area contributed by atoms with Crippen molar-refractivity contribution in [2.75, 3.05) is 13.6 Å². The molecule has 2 amide bonds. The van der Waals surface area contributed by atoms with E-state index in [1.165, 1.54) is 0 Å². The van der Waals surface area contributed by atoms with Crippen molar-refractivity contribution in [3.63, 3.8) is 0 Å². The summed E-state index contributed by atoms with van der Waals surface area (Å²) in [7, 11) is 1.71. The first-order valence-electron chi connectivity index (χ1n) is 6.67. The van der Waals surface area contributed by atoms with Crippen LogP contribution in [0.25, 0.3) is 0 Å². The fourth-order valence-corrected chi connectivity index (χ4v) is 2.02. The molecule has 0 bridgehead atoms. The van der Waals surface area contributed by atoms with Gasteiger partial charge in [-0.2, -0.15) is 0 Å². The smallest absolute Gasteiger partial charge is 0.317 e. The van der Waals surface area contributed by atoms with E-state index in [0.717, 1.165) is 18.4 Å². The van der Waals surface area contributed by atoms with Crippen LogP contribution >= 0.6 is 0 Å². The van der Waals surface area contributed by atoms with Crippen molar-refractivity contribution in [1.82, 2.24) is 15.2 Å². The fourth-order valence-electron chi connectivity index (χ4n) is 2.02. The lowest BCUT2D eigenvalue weighted by Gasteiger charge is -2.23. The average molecular weight is 263 g/mol. The number of hydrogen-bond acceptors (Lipinski definition) is 3. The normalized spacial score (nSPS) is 17.6. The minimum Gasteiger partial charge on any atom is -0.391 e. The SMILES string of the molecule is CC(NC(=O)N(C)CC(O)C1CC1)c1ccncc1. The molecule has 19 heavy (non-hydrogen) atoms. The van der Waals surface area contributed by atoms with Crippen molar-refractivity contribution in [1.29, 1.82) is 0 Å². The summed E-state index contributed by atoms with van der Waals surface area (Å²) < 4.78 is 0. The third-order valence-corrected chi connectivity index (χ3v) is 3.52. The summed E-state index contributed by atoms with van der Waals surface area (Å²) in [5.74, 6) is 0.382. The van der Waals surface area contributed by atoms with Crippen LogP contribution in [0, 0.1) is 5.92 Å². The summed E-state index contributed by atoms with van der Waals surface area (Å²) in [5.41, 5.74) is 1.01. The summed E-state index contributed by atoms with van der Waals surface area (Å²) in [6.45, 7) is 2.32. The second-order valence-electron chi connectivity index (χ2n) is 5.24. The van der Waals surface area contributed by atoms with E-state index in [0.29, 0.717) is 12.5 Å². The number of rotatable bonds is 5. The molecule has 0 saturated heterocycles. The van der Waals surface area contributed by atoms with Crippen LogP contribution in [0.15, 0.2) is 24.5 Å². The monoisotopic (exact) mass is 263 g/mol. The summed E-state index contributed by atoms with van der Waals surface area (Å²) in [6, 6.07) is 3.52. The number of carbonyl (C=O) groups excluding carboxylic acids is 1. The van der Waals surface area contributed by atoms with Crippen molar-refractivity contribution < 1.29 is 9.90 Å². The Balaban J connectivity index is 1.82. The Morgan fingerprint density at radius 1 is 1.53 bits per heavy atom. The molecule has 2 unspecified atom stereocenters. The number of aromatic nitrogens is 1. The predicted molar refractivity (Wildman–Crippen MR) is 72.5 cm³/mol. The second kappa shape index (κ2) is 6.02. The van der Waals surface area contributed by atoms with Gasteiger partial charge in [0.1, 0.15) is 0 Å². The molecular weight excluding hydrogens is 242 g/mol. The summed E-state index contributed by atoms with van der Waals surface area (Å²) in [4.78, 5) is 17.5. The fraction of sp³-hybridized carbons (Fsp3) is 0.571. The quantitative estimate of drug-likeness (QED) is 0.847. The van der Waals surface area contributed by atoms with Gasteiger partial charge in [-0.05, 0) is 43.4 Å². The number of hydrogen-bond donors (Lipinski definition) is 2. The van der Waals surface area contributed by atoms with E-state index in [-0.39, 0.29) is 12.1 Å².